The average Bonchev–Trinajstić information content (AvgIpc) is 3.08. The van der Waals surface area contributed by atoms with Crippen molar-refractivity contribution in [2.24, 2.45) is 7.05 Å². The molecule has 0 amide bonds. The Kier molecular flexibility index (Phi) is 4.02. The van der Waals surface area contributed by atoms with E-state index in [0.717, 1.165) is 35.4 Å². The maximum absolute atomic E-state index is 4.63. The third kappa shape index (κ3) is 3.04. The minimum absolute atomic E-state index is 0.455. The molecule has 1 aliphatic heterocycles. The lowest BCUT2D eigenvalue weighted by Crippen LogP contribution is -2.38. The van der Waals surface area contributed by atoms with Crippen LogP contribution >= 0.6 is 0 Å². The molecule has 1 atom stereocenters. The van der Waals surface area contributed by atoms with Crippen LogP contribution < -0.4 is 10.6 Å². The Morgan fingerprint density at radius 1 is 1.11 bits per heavy atom. The quantitative estimate of drug-likeness (QED) is 0.583. The Balaban J connectivity index is 1.63. The Hall–Kier alpha value is -2.92. The number of fused-ring (bicyclic) bond motifs is 2. The summed E-state index contributed by atoms with van der Waals surface area (Å²) < 4.78 is 2.16. The van der Waals surface area contributed by atoms with Crippen LogP contribution in [0.2, 0.25) is 0 Å². The molecule has 2 aromatic carbocycles. The van der Waals surface area contributed by atoms with Gasteiger partial charge in [-0.05, 0) is 54.6 Å². The second-order valence-electron chi connectivity index (χ2n) is 7.34. The molecule has 4 aromatic rings. The van der Waals surface area contributed by atoms with Crippen LogP contribution in [-0.2, 0) is 7.05 Å². The Bertz CT molecular complexity index is 1110. The number of hydrogen-bond acceptors (Lipinski definition) is 4. The first kappa shape index (κ1) is 16.3. The van der Waals surface area contributed by atoms with Gasteiger partial charge in [-0.15, -0.1) is 0 Å². The lowest BCUT2D eigenvalue weighted by atomic mass is 10.0. The van der Waals surface area contributed by atoms with Crippen molar-refractivity contribution in [3.05, 3.63) is 55.0 Å². The Morgan fingerprint density at radius 3 is 2.93 bits per heavy atom. The zero-order chi connectivity index (χ0) is 18.2. The highest BCUT2D eigenvalue weighted by atomic mass is 15.0. The van der Waals surface area contributed by atoms with Crippen molar-refractivity contribution >= 4 is 27.6 Å². The van der Waals surface area contributed by atoms with Gasteiger partial charge in [0.2, 0.25) is 0 Å². The summed E-state index contributed by atoms with van der Waals surface area (Å²) in [6.45, 7) is 2.12. The molecule has 0 radical (unpaired) electrons. The van der Waals surface area contributed by atoms with E-state index in [2.05, 4.69) is 74.8 Å². The maximum Gasteiger partial charge on any atom is 0.0966 e. The van der Waals surface area contributed by atoms with Crippen molar-refractivity contribution in [1.82, 2.24) is 19.9 Å². The Labute approximate surface area is 158 Å². The van der Waals surface area contributed by atoms with Gasteiger partial charge in [0.05, 0.1) is 11.0 Å². The molecule has 3 heterocycles. The van der Waals surface area contributed by atoms with Crippen LogP contribution in [0.15, 0.2) is 55.0 Å². The van der Waals surface area contributed by atoms with Gasteiger partial charge in [0.1, 0.15) is 0 Å². The van der Waals surface area contributed by atoms with E-state index >= 15 is 0 Å². The van der Waals surface area contributed by atoms with Gasteiger partial charge >= 0.3 is 0 Å². The minimum Gasteiger partial charge on any atom is -0.381 e. The number of rotatable bonds is 3. The molecule has 136 valence electrons. The maximum atomic E-state index is 4.63. The van der Waals surface area contributed by atoms with E-state index < -0.39 is 0 Å². The van der Waals surface area contributed by atoms with Gasteiger partial charge in [0, 0.05) is 55.0 Å². The summed E-state index contributed by atoms with van der Waals surface area (Å²) in [6.07, 6.45) is 8.03. The second-order valence-corrected chi connectivity index (χ2v) is 7.34. The van der Waals surface area contributed by atoms with Crippen LogP contribution in [0.1, 0.15) is 12.8 Å². The summed E-state index contributed by atoms with van der Waals surface area (Å²) in [7, 11) is 2.08. The molecule has 0 aliphatic carbocycles. The van der Waals surface area contributed by atoms with E-state index in [-0.39, 0.29) is 0 Å². The van der Waals surface area contributed by atoms with Gasteiger partial charge < -0.3 is 15.2 Å². The summed E-state index contributed by atoms with van der Waals surface area (Å²) in [5, 5.41) is 8.41. The highest BCUT2D eigenvalue weighted by molar-refractivity contribution is 5.97. The SMILES string of the molecule is Cn1ccc2ccc(-c3cc(NC4CCCNC4)cc4nccnc34)cc21. The van der Waals surface area contributed by atoms with E-state index in [1.165, 1.54) is 29.3 Å². The molecular weight excluding hydrogens is 334 g/mol. The fourth-order valence-electron chi connectivity index (χ4n) is 4.02. The molecule has 0 bridgehead atoms. The third-order valence-electron chi connectivity index (χ3n) is 5.44. The second kappa shape index (κ2) is 6.67. The van der Waals surface area contributed by atoms with Crippen LogP contribution in [0.3, 0.4) is 0 Å². The van der Waals surface area contributed by atoms with E-state index in [0.29, 0.717) is 6.04 Å². The highest BCUT2D eigenvalue weighted by Gasteiger charge is 2.15. The number of hydrogen-bond donors (Lipinski definition) is 2. The molecule has 1 unspecified atom stereocenters. The molecule has 1 saturated heterocycles. The first-order valence-corrected chi connectivity index (χ1v) is 9.55. The van der Waals surface area contributed by atoms with E-state index in [1.54, 1.807) is 12.4 Å². The predicted octanol–water partition coefficient (Wildman–Crippen LogP) is 3.95. The molecule has 5 nitrogen and oxygen atoms in total. The smallest absolute Gasteiger partial charge is 0.0966 e. The lowest BCUT2D eigenvalue weighted by Gasteiger charge is -2.25. The lowest BCUT2D eigenvalue weighted by molar-refractivity contribution is 0.480. The topological polar surface area (TPSA) is 54.8 Å². The van der Waals surface area contributed by atoms with E-state index in [1.807, 2.05) is 0 Å². The van der Waals surface area contributed by atoms with Crippen LogP contribution in [0, 0.1) is 0 Å². The van der Waals surface area contributed by atoms with Crippen molar-refractivity contribution in [1.29, 1.82) is 0 Å². The van der Waals surface area contributed by atoms with E-state index in [4.69, 9.17) is 0 Å². The molecule has 0 spiro atoms. The fourth-order valence-corrected chi connectivity index (χ4v) is 4.02. The highest BCUT2D eigenvalue weighted by Crippen LogP contribution is 2.32. The predicted molar refractivity (Wildman–Crippen MR) is 111 cm³/mol. The zero-order valence-corrected chi connectivity index (χ0v) is 15.4. The molecule has 5 heteroatoms. The summed E-state index contributed by atoms with van der Waals surface area (Å²) in [5.41, 5.74) is 6.49. The molecule has 27 heavy (non-hydrogen) atoms. The first-order valence-electron chi connectivity index (χ1n) is 9.55. The van der Waals surface area contributed by atoms with Gasteiger partial charge in [-0.25, -0.2) is 0 Å². The number of aromatic nitrogens is 3. The number of benzene rings is 2. The molecule has 0 saturated carbocycles. The first-order chi connectivity index (χ1) is 13.3. The van der Waals surface area contributed by atoms with Crippen LogP contribution in [0.5, 0.6) is 0 Å². The van der Waals surface area contributed by atoms with Crippen molar-refractivity contribution in [3.63, 3.8) is 0 Å². The normalized spacial score (nSPS) is 17.4. The molecule has 2 aromatic heterocycles. The zero-order valence-electron chi connectivity index (χ0n) is 15.4. The monoisotopic (exact) mass is 357 g/mol. The van der Waals surface area contributed by atoms with Crippen molar-refractivity contribution in [3.8, 4) is 11.1 Å². The summed E-state index contributed by atoms with van der Waals surface area (Å²) in [5.74, 6) is 0. The molecule has 5 rings (SSSR count). The molecule has 1 aliphatic rings. The van der Waals surface area contributed by atoms with Crippen LogP contribution in [0.4, 0.5) is 5.69 Å². The van der Waals surface area contributed by atoms with Gasteiger partial charge in [0.15, 0.2) is 0 Å². The van der Waals surface area contributed by atoms with Crippen molar-refractivity contribution < 1.29 is 0 Å². The number of anilines is 1. The largest absolute Gasteiger partial charge is 0.381 e. The molecular formula is C22H23N5. The number of piperidine rings is 1. The van der Waals surface area contributed by atoms with Crippen LogP contribution in [-0.4, -0.2) is 33.7 Å². The van der Waals surface area contributed by atoms with Crippen molar-refractivity contribution in [2.75, 3.05) is 18.4 Å². The van der Waals surface area contributed by atoms with Gasteiger partial charge in [0.25, 0.3) is 0 Å². The number of aryl methyl sites for hydroxylation is 1. The average molecular weight is 357 g/mol. The van der Waals surface area contributed by atoms with Crippen LogP contribution in [0.25, 0.3) is 33.1 Å². The summed E-state index contributed by atoms with van der Waals surface area (Å²) >= 11 is 0. The molecule has 2 N–H and O–H groups in total. The number of nitrogens with zero attached hydrogens (tertiary/aromatic N) is 3. The fraction of sp³-hybridized carbons (Fsp3) is 0.273. The van der Waals surface area contributed by atoms with Gasteiger partial charge in [-0.1, -0.05) is 12.1 Å². The third-order valence-corrected chi connectivity index (χ3v) is 5.44. The van der Waals surface area contributed by atoms with Gasteiger partial charge in [-0.3, -0.25) is 9.97 Å². The van der Waals surface area contributed by atoms with E-state index in [9.17, 15) is 0 Å². The van der Waals surface area contributed by atoms with Crippen molar-refractivity contribution in [2.45, 2.75) is 18.9 Å². The molecule has 1 fully saturated rings. The number of nitrogens with one attached hydrogen (secondary N) is 2. The summed E-state index contributed by atoms with van der Waals surface area (Å²) in [4.78, 5) is 9.19. The standard InChI is InChI=1S/C22H23N5/c1-27-10-6-15-4-5-16(11-21(15)27)19-12-18(26-17-3-2-7-23-14-17)13-20-22(19)25-9-8-24-20/h4-6,8-13,17,23,26H,2-3,7,14H2,1H3. The summed E-state index contributed by atoms with van der Waals surface area (Å²) in [6, 6.07) is 13.5. The Morgan fingerprint density at radius 2 is 2.04 bits per heavy atom. The minimum atomic E-state index is 0.455. The van der Waals surface area contributed by atoms with Gasteiger partial charge in [-0.2, -0.15) is 0 Å².